The first-order valence-corrected chi connectivity index (χ1v) is 8.74. The first-order valence-electron chi connectivity index (χ1n) is 8.74. The van der Waals surface area contributed by atoms with E-state index in [0.717, 1.165) is 27.7 Å². The number of fused-ring (bicyclic) bond motifs is 1. The maximum absolute atomic E-state index is 14.2. The largest absolute Gasteiger partial charge is 0.464 e. The molecule has 28 heavy (non-hydrogen) atoms. The van der Waals surface area contributed by atoms with E-state index in [4.69, 9.17) is 4.42 Å². The van der Waals surface area contributed by atoms with Crippen LogP contribution in [0.25, 0.3) is 16.7 Å². The molecule has 0 aliphatic carbocycles. The molecule has 4 aromatic rings. The fourth-order valence-corrected chi connectivity index (χ4v) is 3.06. The Hall–Kier alpha value is -3.55. The van der Waals surface area contributed by atoms with E-state index >= 15 is 0 Å². The summed E-state index contributed by atoms with van der Waals surface area (Å²) in [5, 5.41) is 14.8. The summed E-state index contributed by atoms with van der Waals surface area (Å²) in [4.78, 5) is 12.5. The van der Waals surface area contributed by atoms with Crippen molar-refractivity contribution in [3.63, 3.8) is 0 Å². The number of benzene rings is 2. The average molecular weight is 379 g/mol. The number of tetrazole rings is 1. The topological polar surface area (TPSA) is 85.8 Å². The fraction of sp³-hybridized carbons (Fsp3) is 0.200. The lowest BCUT2D eigenvalue weighted by molar-refractivity contribution is -0.115. The Morgan fingerprint density at radius 1 is 1.18 bits per heavy atom. The smallest absolute Gasteiger partial charge is 0.228 e. The number of rotatable bonds is 4. The predicted octanol–water partition coefficient (Wildman–Crippen LogP) is 3.65. The van der Waals surface area contributed by atoms with Crippen molar-refractivity contribution in [1.29, 1.82) is 0 Å². The number of carbonyl (C=O) groups is 1. The SMILES string of the molecule is Cc1cc2occ(CC(=O)Nc3ccc(F)c(-n4nnnc4C)c3)c2cc1C. The molecular weight excluding hydrogens is 361 g/mol. The van der Waals surface area contributed by atoms with Crippen molar-refractivity contribution in [3.8, 4) is 5.69 Å². The molecular formula is C20H18FN5O2. The van der Waals surface area contributed by atoms with Gasteiger partial charge in [0.05, 0.1) is 12.7 Å². The number of hydrogen-bond acceptors (Lipinski definition) is 5. The third-order valence-corrected chi connectivity index (χ3v) is 4.70. The van der Waals surface area contributed by atoms with Gasteiger partial charge in [-0.1, -0.05) is 0 Å². The molecule has 2 aromatic carbocycles. The molecule has 0 unspecified atom stereocenters. The highest BCUT2D eigenvalue weighted by Gasteiger charge is 2.14. The monoisotopic (exact) mass is 379 g/mol. The summed E-state index contributed by atoms with van der Waals surface area (Å²) in [5.74, 6) is -0.273. The van der Waals surface area contributed by atoms with Crippen LogP contribution in [0.3, 0.4) is 0 Å². The van der Waals surface area contributed by atoms with E-state index in [1.54, 1.807) is 13.2 Å². The van der Waals surface area contributed by atoms with Crippen LogP contribution in [0.2, 0.25) is 0 Å². The minimum absolute atomic E-state index is 0.145. The van der Waals surface area contributed by atoms with Crippen molar-refractivity contribution < 1.29 is 13.6 Å². The molecule has 1 amide bonds. The Labute approximate surface area is 160 Å². The minimum Gasteiger partial charge on any atom is -0.464 e. The number of nitrogens with zero attached hydrogens (tertiary/aromatic N) is 4. The lowest BCUT2D eigenvalue weighted by Gasteiger charge is -2.09. The van der Waals surface area contributed by atoms with Gasteiger partial charge in [0.15, 0.2) is 5.82 Å². The van der Waals surface area contributed by atoms with Crippen LogP contribution in [0.4, 0.5) is 10.1 Å². The van der Waals surface area contributed by atoms with Gasteiger partial charge in [-0.2, -0.15) is 4.68 Å². The normalized spacial score (nSPS) is 11.1. The molecule has 0 radical (unpaired) electrons. The van der Waals surface area contributed by atoms with Crippen LogP contribution in [-0.2, 0) is 11.2 Å². The predicted molar refractivity (Wildman–Crippen MR) is 102 cm³/mol. The van der Waals surface area contributed by atoms with Crippen molar-refractivity contribution in [2.45, 2.75) is 27.2 Å². The van der Waals surface area contributed by atoms with E-state index < -0.39 is 5.82 Å². The number of nitrogens with one attached hydrogen (secondary N) is 1. The molecule has 0 atom stereocenters. The van der Waals surface area contributed by atoms with E-state index in [-0.39, 0.29) is 18.0 Å². The second kappa shape index (κ2) is 6.88. The third-order valence-electron chi connectivity index (χ3n) is 4.70. The number of furan rings is 1. The van der Waals surface area contributed by atoms with Crippen LogP contribution >= 0.6 is 0 Å². The Morgan fingerprint density at radius 2 is 1.96 bits per heavy atom. The van der Waals surface area contributed by atoms with E-state index in [1.165, 1.54) is 22.9 Å². The Kier molecular flexibility index (Phi) is 4.38. The molecule has 7 nitrogen and oxygen atoms in total. The highest BCUT2D eigenvalue weighted by atomic mass is 19.1. The van der Waals surface area contributed by atoms with Gasteiger partial charge in [-0.05, 0) is 72.7 Å². The van der Waals surface area contributed by atoms with Crippen LogP contribution in [-0.4, -0.2) is 26.1 Å². The van der Waals surface area contributed by atoms with Gasteiger partial charge in [0.2, 0.25) is 5.91 Å². The Bertz CT molecular complexity index is 1190. The van der Waals surface area contributed by atoms with E-state index in [0.29, 0.717) is 11.5 Å². The number of carbonyl (C=O) groups excluding carboxylic acids is 1. The first kappa shape index (κ1) is 17.8. The quantitative estimate of drug-likeness (QED) is 0.585. The second-order valence-electron chi connectivity index (χ2n) is 6.72. The summed E-state index contributed by atoms with van der Waals surface area (Å²) in [5.41, 5.74) is 4.44. The third kappa shape index (κ3) is 3.24. The molecule has 0 saturated heterocycles. The van der Waals surface area contributed by atoms with E-state index in [9.17, 15) is 9.18 Å². The van der Waals surface area contributed by atoms with Gasteiger partial charge in [-0.3, -0.25) is 4.79 Å². The zero-order valence-corrected chi connectivity index (χ0v) is 15.7. The fourth-order valence-electron chi connectivity index (χ4n) is 3.06. The summed E-state index contributed by atoms with van der Waals surface area (Å²) in [6.45, 7) is 5.70. The standard InChI is InChI=1S/C20H18FN5O2/c1-11-6-16-14(10-28-19(16)7-12(11)2)8-20(27)22-15-4-5-17(21)18(9-15)26-13(3)23-24-25-26/h4-7,9-10H,8H2,1-3H3,(H,22,27). The number of aryl methyl sites for hydroxylation is 3. The lowest BCUT2D eigenvalue weighted by atomic mass is 10.0. The van der Waals surface area contributed by atoms with Gasteiger partial charge in [0.25, 0.3) is 0 Å². The molecule has 8 heteroatoms. The highest BCUT2D eigenvalue weighted by molar-refractivity contribution is 5.95. The minimum atomic E-state index is -0.486. The van der Waals surface area contributed by atoms with Crippen LogP contribution in [0.5, 0.6) is 0 Å². The molecule has 0 bridgehead atoms. The van der Waals surface area contributed by atoms with Gasteiger partial charge in [-0.15, -0.1) is 5.10 Å². The summed E-state index contributed by atoms with van der Waals surface area (Å²) >= 11 is 0. The van der Waals surface area contributed by atoms with Gasteiger partial charge >= 0.3 is 0 Å². The van der Waals surface area contributed by atoms with Gasteiger partial charge in [-0.25, -0.2) is 4.39 Å². The van der Waals surface area contributed by atoms with Crippen molar-refractivity contribution in [1.82, 2.24) is 20.2 Å². The lowest BCUT2D eigenvalue weighted by Crippen LogP contribution is -2.15. The van der Waals surface area contributed by atoms with Crippen LogP contribution in [0.1, 0.15) is 22.5 Å². The molecule has 0 spiro atoms. The molecule has 142 valence electrons. The number of halogens is 1. The molecule has 2 heterocycles. The zero-order valence-electron chi connectivity index (χ0n) is 15.7. The molecule has 0 aliphatic rings. The van der Waals surface area contributed by atoms with Crippen molar-refractivity contribution in [2.75, 3.05) is 5.32 Å². The Morgan fingerprint density at radius 3 is 2.71 bits per heavy atom. The second-order valence-corrected chi connectivity index (χ2v) is 6.72. The van der Waals surface area contributed by atoms with Crippen molar-refractivity contribution in [2.24, 2.45) is 0 Å². The summed E-state index contributed by atoms with van der Waals surface area (Å²) in [7, 11) is 0. The van der Waals surface area contributed by atoms with E-state index in [2.05, 4.69) is 20.8 Å². The maximum Gasteiger partial charge on any atom is 0.228 e. The molecule has 2 aromatic heterocycles. The first-order chi connectivity index (χ1) is 13.4. The van der Waals surface area contributed by atoms with E-state index in [1.807, 2.05) is 26.0 Å². The molecule has 0 fully saturated rings. The van der Waals surface area contributed by atoms with Crippen LogP contribution < -0.4 is 5.32 Å². The Balaban J connectivity index is 1.56. The van der Waals surface area contributed by atoms with Crippen molar-refractivity contribution in [3.05, 3.63) is 64.9 Å². The maximum atomic E-state index is 14.2. The summed E-state index contributed by atoms with van der Waals surface area (Å²) in [6.07, 6.45) is 1.75. The molecule has 0 aliphatic heterocycles. The van der Waals surface area contributed by atoms with Crippen LogP contribution in [0.15, 0.2) is 41.0 Å². The average Bonchev–Trinajstić information content (AvgIpc) is 3.24. The van der Waals surface area contributed by atoms with Crippen molar-refractivity contribution >= 4 is 22.6 Å². The number of hydrogen-bond donors (Lipinski definition) is 1. The zero-order chi connectivity index (χ0) is 19.8. The molecule has 0 saturated carbocycles. The number of aromatic nitrogens is 4. The van der Waals surface area contributed by atoms with Gasteiger partial charge in [0, 0.05) is 16.6 Å². The van der Waals surface area contributed by atoms with Crippen LogP contribution in [0, 0.1) is 26.6 Å². The van der Waals surface area contributed by atoms with Gasteiger partial charge in [0.1, 0.15) is 17.1 Å². The summed E-state index contributed by atoms with van der Waals surface area (Å²) in [6, 6.07) is 8.25. The van der Waals surface area contributed by atoms with Gasteiger partial charge < -0.3 is 9.73 Å². The molecule has 4 rings (SSSR count). The highest BCUT2D eigenvalue weighted by Crippen LogP contribution is 2.26. The number of anilines is 1. The molecule has 1 N–H and O–H groups in total. The number of amides is 1. The summed E-state index contributed by atoms with van der Waals surface area (Å²) < 4.78 is 21.0.